The molecule has 1 saturated heterocycles. The van der Waals surface area contributed by atoms with Gasteiger partial charge in [-0.2, -0.15) is 0 Å². The molecule has 0 radical (unpaired) electrons. The van der Waals surface area contributed by atoms with Crippen LogP contribution in [0.15, 0.2) is 6.33 Å². The van der Waals surface area contributed by atoms with Crippen LogP contribution < -0.4 is 10.2 Å². The van der Waals surface area contributed by atoms with E-state index in [0.717, 1.165) is 50.0 Å². The molecule has 112 valence electrons. The zero-order valence-electron chi connectivity index (χ0n) is 13.2. The zero-order valence-corrected chi connectivity index (χ0v) is 13.2. The summed E-state index contributed by atoms with van der Waals surface area (Å²) in [5.74, 6) is 3.02. The number of hydrogen-bond donors (Lipinski definition) is 1. The van der Waals surface area contributed by atoms with Gasteiger partial charge in [-0.25, -0.2) is 9.97 Å². The minimum Gasteiger partial charge on any atom is -0.370 e. The molecule has 0 amide bonds. The van der Waals surface area contributed by atoms with Crippen LogP contribution in [0.4, 0.5) is 11.6 Å². The molecule has 1 fully saturated rings. The third kappa shape index (κ3) is 3.62. The molecule has 20 heavy (non-hydrogen) atoms. The fraction of sp³-hybridized carbons (Fsp3) is 0.750. The normalized spacial score (nSPS) is 19.8. The molecule has 1 aromatic rings. The quantitative estimate of drug-likeness (QED) is 0.894. The molecule has 1 unspecified atom stereocenters. The summed E-state index contributed by atoms with van der Waals surface area (Å²) >= 11 is 0. The molecule has 0 aromatic carbocycles. The van der Waals surface area contributed by atoms with Crippen LogP contribution in [-0.2, 0) is 6.42 Å². The van der Waals surface area contributed by atoms with E-state index in [-0.39, 0.29) is 0 Å². The predicted molar refractivity (Wildman–Crippen MR) is 85.4 cm³/mol. The van der Waals surface area contributed by atoms with Gasteiger partial charge in [-0.05, 0) is 38.5 Å². The lowest BCUT2D eigenvalue weighted by Crippen LogP contribution is -2.27. The van der Waals surface area contributed by atoms with E-state index in [1.165, 1.54) is 24.8 Å². The maximum Gasteiger partial charge on any atom is 0.137 e. The summed E-state index contributed by atoms with van der Waals surface area (Å²) in [4.78, 5) is 11.5. The molecule has 2 heterocycles. The van der Waals surface area contributed by atoms with E-state index in [9.17, 15) is 0 Å². The van der Waals surface area contributed by atoms with Gasteiger partial charge < -0.3 is 10.2 Å². The van der Waals surface area contributed by atoms with Crippen LogP contribution in [0.3, 0.4) is 0 Å². The number of hydrogen-bond acceptors (Lipinski definition) is 4. The van der Waals surface area contributed by atoms with Crippen molar-refractivity contribution in [3.63, 3.8) is 0 Å². The molecule has 1 atom stereocenters. The number of anilines is 2. The first kappa shape index (κ1) is 15.1. The number of nitrogens with one attached hydrogen (secondary N) is 1. The Kier molecular flexibility index (Phi) is 5.62. The molecule has 0 aliphatic carbocycles. The van der Waals surface area contributed by atoms with Gasteiger partial charge in [0, 0.05) is 25.2 Å². The second kappa shape index (κ2) is 7.46. The van der Waals surface area contributed by atoms with Crippen LogP contribution >= 0.6 is 0 Å². The van der Waals surface area contributed by atoms with Gasteiger partial charge >= 0.3 is 0 Å². The van der Waals surface area contributed by atoms with Crippen molar-refractivity contribution in [2.75, 3.05) is 29.9 Å². The highest BCUT2D eigenvalue weighted by molar-refractivity contribution is 5.59. The highest BCUT2D eigenvalue weighted by Gasteiger charge is 2.19. The lowest BCUT2D eigenvalue weighted by atomic mass is 10.0. The van der Waals surface area contributed by atoms with Gasteiger partial charge in [-0.15, -0.1) is 0 Å². The van der Waals surface area contributed by atoms with E-state index in [1.54, 1.807) is 6.33 Å². The third-order valence-electron chi connectivity index (χ3n) is 4.08. The van der Waals surface area contributed by atoms with Crippen molar-refractivity contribution < 1.29 is 0 Å². The van der Waals surface area contributed by atoms with E-state index in [4.69, 9.17) is 0 Å². The van der Waals surface area contributed by atoms with Crippen molar-refractivity contribution in [3.8, 4) is 0 Å². The van der Waals surface area contributed by atoms with Gasteiger partial charge in [0.15, 0.2) is 0 Å². The molecule has 2 rings (SSSR count). The number of nitrogens with zero attached hydrogens (tertiary/aromatic N) is 3. The summed E-state index contributed by atoms with van der Waals surface area (Å²) in [6.45, 7) is 9.86. The summed E-state index contributed by atoms with van der Waals surface area (Å²) in [7, 11) is 0. The Morgan fingerprint density at radius 2 is 2.10 bits per heavy atom. The summed E-state index contributed by atoms with van der Waals surface area (Å²) in [5.41, 5.74) is 1.30. The van der Waals surface area contributed by atoms with Gasteiger partial charge in [0.25, 0.3) is 0 Å². The van der Waals surface area contributed by atoms with E-state index in [0.29, 0.717) is 0 Å². The van der Waals surface area contributed by atoms with Crippen molar-refractivity contribution in [2.45, 2.75) is 52.9 Å². The number of aromatic nitrogens is 2. The maximum absolute atomic E-state index is 4.61. The largest absolute Gasteiger partial charge is 0.370 e. The van der Waals surface area contributed by atoms with Crippen LogP contribution in [0.2, 0.25) is 0 Å². The van der Waals surface area contributed by atoms with Crippen LogP contribution in [0.25, 0.3) is 0 Å². The summed E-state index contributed by atoms with van der Waals surface area (Å²) in [5, 5.41) is 3.39. The fourth-order valence-electron chi connectivity index (χ4n) is 2.95. The molecule has 4 nitrogen and oxygen atoms in total. The van der Waals surface area contributed by atoms with Crippen molar-refractivity contribution in [1.29, 1.82) is 0 Å². The Balaban J connectivity index is 2.26. The molecule has 0 saturated carbocycles. The summed E-state index contributed by atoms with van der Waals surface area (Å²) < 4.78 is 0. The van der Waals surface area contributed by atoms with Gasteiger partial charge in [-0.3, -0.25) is 0 Å². The average Bonchev–Trinajstić information content (AvgIpc) is 2.66. The van der Waals surface area contributed by atoms with E-state index in [2.05, 4.69) is 41.0 Å². The Hall–Kier alpha value is -1.32. The molecular weight excluding hydrogens is 248 g/mol. The molecule has 1 N–H and O–H groups in total. The van der Waals surface area contributed by atoms with Crippen LogP contribution in [0.1, 0.15) is 52.0 Å². The smallest absolute Gasteiger partial charge is 0.137 e. The standard InChI is InChI=1S/C16H28N4/c1-4-7-14-15(17-5-2)18-12-19-16(14)20-10-6-8-13(3)9-11-20/h12-13H,4-11H2,1-3H3,(H,17,18,19). The second-order valence-corrected chi connectivity index (χ2v) is 5.83. The first-order valence-electron chi connectivity index (χ1n) is 8.08. The molecule has 4 heteroatoms. The molecule has 0 spiro atoms. The van der Waals surface area contributed by atoms with Gasteiger partial charge in [0.2, 0.25) is 0 Å². The topological polar surface area (TPSA) is 41.1 Å². The van der Waals surface area contributed by atoms with Crippen LogP contribution in [0, 0.1) is 5.92 Å². The Bertz CT molecular complexity index is 419. The van der Waals surface area contributed by atoms with Gasteiger partial charge in [0.05, 0.1) is 0 Å². The maximum atomic E-state index is 4.61. The average molecular weight is 276 g/mol. The highest BCUT2D eigenvalue weighted by atomic mass is 15.2. The summed E-state index contributed by atoms with van der Waals surface area (Å²) in [6, 6.07) is 0. The van der Waals surface area contributed by atoms with Crippen molar-refractivity contribution in [2.24, 2.45) is 5.92 Å². The number of rotatable bonds is 5. The van der Waals surface area contributed by atoms with Gasteiger partial charge in [-0.1, -0.05) is 20.3 Å². The highest BCUT2D eigenvalue weighted by Crippen LogP contribution is 2.28. The Morgan fingerprint density at radius 3 is 2.85 bits per heavy atom. The SMILES string of the molecule is CCCc1c(NCC)ncnc1N1CCCC(C)CC1. The molecule has 0 bridgehead atoms. The first-order chi connectivity index (χ1) is 9.76. The second-order valence-electron chi connectivity index (χ2n) is 5.83. The van der Waals surface area contributed by atoms with E-state index < -0.39 is 0 Å². The molecular formula is C16H28N4. The minimum absolute atomic E-state index is 0.838. The lowest BCUT2D eigenvalue weighted by molar-refractivity contribution is 0.521. The van der Waals surface area contributed by atoms with Crippen LogP contribution in [-0.4, -0.2) is 29.6 Å². The van der Waals surface area contributed by atoms with E-state index in [1.807, 2.05) is 0 Å². The van der Waals surface area contributed by atoms with Gasteiger partial charge in [0.1, 0.15) is 18.0 Å². The zero-order chi connectivity index (χ0) is 14.4. The van der Waals surface area contributed by atoms with Crippen molar-refractivity contribution in [3.05, 3.63) is 11.9 Å². The molecule has 1 aliphatic heterocycles. The van der Waals surface area contributed by atoms with Crippen molar-refractivity contribution >= 4 is 11.6 Å². The molecule has 1 aromatic heterocycles. The predicted octanol–water partition coefficient (Wildman–Crippen LogP) is 3.49. The lowest BCUT2D eigenvalue weighted by Gasteiger charge is -2.25. The monoisotopic (exact) mass is 276 g/mol. The van der Waals surface area contributed by atoms with E-state index >= 15 is 0 Å². The minimum atomic E-state index is 0.838. The Labute approximate surface area is 123 Å². The first-order valence-corrected chi connectivity index (χ1v) is 8.08. The fourth-order valence-corrected chi connectivity index (χ4v) is 2.95. The Morgan fingerprint density at radius 1 is 1.25 bits per heavy atom. The summed E-state index contributed by atoms with van der Waals surface area (Å²) in [6.07, 6.45) is 7.76. The van der Waals surface area contributed by atoms with Crippen LogP contribution in [0.5, 0.6) is 0 Å². The molecule has 1 aliphatic rings. The van der Waals surface area contributed by atoms with Crippen molar-refractivity contribution in [1.82, 2.24) is 9.97 Å². The third-order valence-corrected chi connectivity index (χ3v) is 4.08.